The zero-order valence-electron chi connectivity index (χ0n) is 8.63. The third-order valence-corrected chi connectivity index (χ3v) is 2.35. The Balaban J connectivity index is 2.99. The van der Waals surface area contributed by atoms with Gasteiger partial charge in [0.2, 0.25) is 0 Å². The monoisotopic (exact) mass is 180 g/mol. The van der Waals surface area contributed by atoms with E-state index in [4.69, 9.17) is 9.47 Å². The predicted octanol–water partition coefficient (Wildman–Crippen LogP) is 2.46. The maximum atomic E-state index is 5.29. The first-order valence-electron chi connectivity index (χ1n) is 4.30. The summed E-state index contributed by atoms with van der Waals surface area (Å²) in [5.74, 6) is -0.631. The number of hydrogen-bond donors (Lipinski definition) is 0. The lowest BCUT2D eigenvalue weighted by molar-refractivity contribution is -0.201. The average Bonchev–Trinajstić information content (AvgIpc) is 2.18. The molecule has 2 nitrogen and oxygen atoms in total. The third-order valence-electron chi connectivity index (χ3n) is 2.35. The Kier molecular flexibility index (Phi) is 3.07. The van der Waals surface area contributed by atoms with Crippen molar-refractivity contribution in [3.05, 3.63) is 35.4 Å². The zero-order valence-corrected chi connectivity index (χ0v) is 8.63. The van der Waals surface area contributed by atoms with Crippen LogP contribution in [0.1, 0.15) is 18.1 Å². The summed E-state index contributed by atoms with van der Waals surface area (Å²) in [6.45, 7) is 3.96. The highest BCUT2D eigenvalue weighted by Gasteiger charge is 2.24. The summed E-state index contributed by atoms with van der Waals surface area (Å²) < 4.78 is 10.6. The molecule has 0 bridgehead atoms. The van der Waals surface area contributed by atoms with Gasteiger partial charge in [-0.05, 0) is 13.8 Å². The van der Waals surface area contributed by atoms with Crippen LogP contribution in [0.25, 0.3) is 0 Å². The summed E-state index contributed by atoms with van der Waals surface area (Å²) in [5.41, 5.74) is 2.27. The van der Waals surface area contributed by atoms with Gasteiger partial charge in [-0.3, -0.25) is 0 Å². The van der Waals surface area contributed by atoms with Gasteiger partial charge >= 0.3 is 0 Å². The predicted molar refractivity (Wildman–Crippen MR) is 52.5 cm³/mol. The lowest BCUT2D eigenvalue weighted by Gasteiger charge is -2.26. The van der Waals surface area contributed by atoms with Crippen molar-refractivity contribution in [3.63, 3.8) is 0 Å². The van der Waals surface area contributed by atoms with Gasteiger partial charge in [-0.2, -0.15) is 0 Å². The number of ether oxygens (including phenoxy) is 2. The van der Waals surface area contributed by atoms with Crippen LogP contribution in [-0.4, -0.2) is 14.2 Å². The summed E-state index contributed by atoms with van der Waals surface area (Å²) in [7, 11) is 3.28. The number of benzene rings is 1. The van der Waals surface area contributed by atoms with E-state index in [0.717, 1.165) is 5.56 Å². The Morgan fingerprint density at radius 2 is 1.46 bits per heavy atom. The van der Waals surface area contributed by atoms with Gasteiger partial charge in [0.15, 0.2) is 5.79 Å². The Morgan fingerprint density at radius 3 is 1.85 bits per heavy atom. The maximum absolute atomic E-state index is 5.29. The highest BCUT2D eigenvalue weighted by molar-refractivity contribution is 5.24. The van der Waals surface area contributed by atoms with E-state index in [9.17, 15) is 0 Å². The van der Waals surface area contributed by atoms with Crippen molar-refractivity contribution in [1.29, 1.82) is 0 Å². The summed E-state index contributed by atoms with van der Waals surface area (Å²) >= 11 is 0. The molecule has 0 atom stereocenters. The molecule has 2 heteroatoms. The van der Waals surface area contributed by atoms with E-state index in [1.807, 2.05) is 31.2 Å². The molecule has 72 valence electrons. The van der Waals surface area contributed by atoms with E-state index in [0.29, 0.717) is 0 Å². The first-order valence-corrected chi connectivity index (χ1v) is 4.30. The fraction of sp³-hybridized carbons (Fsp3) is 0.455. The summed E-state index contributed by atoms with van der Waals surface area (Å²) in [4.78, 5) is 0. The van der Waals surface area contributed by atoms with E-state index in [-0.39, 0.29) is 0 Å². The van der Waals surface area contributed by atoms with Crippen LogP contribution in [0.2, 0.25) is 0 Å². The van der Waals surface area contributed by atoms with Gasteiger partial charge in [0, 0.05) is 19.8 Å². The van der Waals surface area contributed by atoms with Crippen molar-refractivity contribution < 1.29 is 9.47 Å². The molecule has 0 fully saturated rings. The maximum Gasteiger partial charge on any atom is 0.191 e. The van der Waals surface area contributed by atoms with Gasteiger partial charge in [0.1, 0.15) is 0 Å². The standard InChI is InChI=1S/C11H16O2/c1-9-5-7-10(8-6-9)11(2,12-3)13-4/h5-8H,1-4H3. The molecule has 13 heavy (non-hydrogen) atoms. The largest absolute Gasteiger partial charge is 0.349 e. The second-order valence-electron chi connectivity index (χ2n) is 3.22. The quantitative estimate of drug-likeness (QED) is 0.665. The van der Waals surface area contributed by atoms with Crippen molar-refractivity contribution in [1.82, 2.24) is 0 Å². The molecule has 1 aromatic rings. The van der Waals surface area contributed by atoms with E-state index in [1.54, 1.807) is 14.2 Å². The molecule has 0 aliphatic heterocycles. The van der Waals surface area contributed by atoms with Crippen LogP contribution < -0.4 is 0 Å². The summed E-state index contributed by atoms with van der Waals surface area (Å²) in [5, 5.41) is 0. The number of aryl methyl sites for hydroxylation is 1. The van der Waals surface area contributed by atoms with Gasteiger partial charge in [-0.15, -0.1) is 0 Å². The van der Waals surface area contributed by atoms with E-state index < -0.39 is 5.79 Å². The zero-order chi connectivity index (χ0) is 9.90. The summed E-state index contributed by atoms with van der Waals surface area (Å²) in [6, 6.07) is 8.13. The van der Waals surface area contributed by atoms with Crippen molar-refractivity contribution in [3.8, 4) is 0 Å². The van der Waals surface area contributed by atoms with Crippen LogP contribution in [0.4, 0.5) is 0 Å². The highest BCUT2D eigenvalue weighted by Crippen LogP contribution is 2.25. The molecule has 1 aromatic carbocycles. The Bertz CT molecular complexity index is 260. The van der Waals surface area contributed by atoms with Crippen LogP contribution in [0, 0.1) is 6.92 Å². The molecule has 0 amide bonds. The fourth-order valence-electron chi connectivity index (χ4n) is 1.18. The lowest BCUT2D eigenvalue weighted by Crippen LogP contribution is -2.26. The van der Waals surface area contributed by atoms with Crippen molar-refractivity contribution in [2.24, 2.45) is 0 Å². The third kappa shape index (κ3) is 2.08. The molecule has 0 unspecified atom stereocenters. The molecule has 0 spiro atoms. The van der Waals surface area contributed by atoms with E-state index >= 15 is 0 Å². The number of methoxy groups -OCH3 is 2. The number of rotatable bonds is 3. The molecule has 0 aromatic heterocycles. The van der Waals surface area contributed by atoms with Crippen LogP contribution >= 0.6 is 0 Å². The Hall–Kier alpha value is -0.860. The topological polar surface area (TPSA) is 18.5 Å². The van der Waals surface area contributed by atoms with Gasteiger partial charge in [0.25, 0.3) is 0 Å². The molecule has 0 aliphatic carbocycles. The fourth-order valence-corrected chi connectivity index (χ4v) is 1.18. The normalized spacial score (nSPS) is 11.7. The molecule has 1 rings (SSSR count). The second-order valence-corrected chi connectivity index (χ2v) is 3.22. The minimum absolute atomic E-state index is 0.631. The minimum atomic E-state index is -0.631. The smallest absolute Gasteiger partial charge is 0.191 e. The van der Waals surface area contributed by atoms with Gasteiger partial charge < -0.3 is 9.47 Å². The van der Waals surface area contributed by atoms with Crippen molar-refractivity contribution >= 4 is 0 Å². The van der Waals surface area contributed by atoms with Crippen LogP contribution in [0.5, 0.6) is 0 Å². The van der Waals surface area contributed by atoms with Crippen LogP contribution in [0.15, 0.2) is 24.3 Å². The second kappa shape index (κ2) is 3.90. The molecule has 0 heterocycles. The summed E-state index contributed by atoms with van der Waals surface area (Å²) in [6.07, 6.45) is 0. The highest BCUT2D eigenvalue weighted by atomic mass is 16.7. The first-order chi connectivity index (χ1) is 6.12. The SMILES string of the molecule is COC(C)(OC)c1ccc(C)cc1. The molecular weight excluding hydrogens is 164 g/mol. The Morgan fingerprint density at radius 1 is 1.00 bits per heavy atom. The molecule has 0 N–H and O–H groups in total. The van der Waals surface area contributed by atoms with Crippen molar-refractivity contribution in [2.75, 3.05) is 14.2 Å². The van der Waals surface area contributed by atoms with Crippen LogP contribution in [-0.2, 0) is 15.3 Å². The molecule has 0 radical (unpaired) electrons. The first kappa shape index (κ1) is 10.2. The van der Waals surface area contributed by atoms with Crippen LogP contribution in [0.3, 0.4) is 0 Å². The van der Waals surface area contributed by atoms with Crippen molar-refractivity contribution in [2.45, 2.75) is 19.6 Å². The van der Waals surface area contributed by atoms with Gasteiger partial charge in [0.05, 0.1) is 0 Å². The molecule has 0 aliphatic rings. The minimum Gasteiger partial charge on any atom is -0.349 e. The molecular formula is C11H16O2. The van der Waals surface area contributed by atoms with Gasteiger partial charge in [-0.25, -0.2) is 0 Å². The Labute approximate surface area is 79.5 Å². The molecule has 0 saturated heterocycles. The van der Waals surface area contributed by atoms with E-state index in [2.05, 4.69) is 6.92 Å². The van der Waals surface area contributed by atoms with Gasteiger partial charge in [-0.1, -0.05) is 29.8 Å². The van der Waals surface area contributed by atoms with E-state index in [1.165, 1.54) is 5.56 Å². The lowest BCUT2D eigenvalue weighted by atomic mass is 10.1. The average molecular weight is 180 g/mol. The number of hydrogen-bond acceptors (Lipinski definition) is 2. The molecule has 0 saturated carbocycles.